The summed E-state index contributed by atoms with van der Waals surface area (Å²) in [5, 5.41) is 6.16. The van der Waals surface area contributed by atoms with Crippen molar-refractivity contribution in [3.05, 3.63) is 94.8 Å². The molecule has 1 amide bonds. The molecule has 4 N–H and O–H groups in total. The molecular formula is C32H44N6O4S. The first-order valence-corrected chi connectivity index (χ1v) is 15.9. The van der Waals surface area contributed by atoms with Gasteiger partial charge < -0.3 is 16.4 Å². The van der Waals surface area contributed by atoms with E-state index in [0.717, 1.165) is 53.0 Å². The number of carbonyl (C=O) groups excluding carboxylic acids is 2. The fourth-order valence-electron chi connectivity index (χ4n) is 4.68. The molecule has 0 aliphatic rings. The number of nitrogens with one attached hydrogen (secondary N) is 2. The maximum Gasteiger partial charge on any atom is 0.303 e. The number of aromatic nitrogens is 1. The Morgan fingerprint density at radius 3 is 2.30 bits per heavy atom. The van der Waals surface area contributed by atoms with Crippen LogP contribution in [0, 0.1) is 0 Å². The molecule has 0 spiro atoms. The average Bonchev–Trinajstić information content (AvgIpc) is 3.00. The molecule has 10 nitrogen and oxygen atoms in total. The predicted octanol–water partition coefficient (Wildman–Crippen LogP) is 2.87. The zero-order valence-corrected chi connectivity index (χ0v) is 26.3. The zero-order chi connectivity index (χ0) is 31.4. The van der Waals surface area contributed by atoms with Crippen molar-refractivity contribution in [3.63, 3.8) is 0 Å². The summed E-state index contributed by atoms with van der Waals surface area (Å²) < 4.78 is 27.4. The third kappa shape index (κ3) is 10.5. The maximum absolute atomic E-state index is 12.5. The summed E-state index contributed by atoms with van der Waals surface area (Å²) in [5.41, 5.74) is 11.6. The molecule has 43 heavy (non-hydrogen) atoms. The Kier molecular flexibility index (Phi) is 12.8. The summed E-state index contributed by atoms with van der Waals surface area (Å²) >= 11 is 0. The van der Waals surface area contributed by atoms with Crippen LogP contribution in [0.5, 0.6) is 0 Å². The van der Waals surface area contributed by atoms with Gasteiger partial charge in [-0.2, -0.15) is 12.7 Å². The number of aldehydes is 1. The minimum absolute atomic E-state index is 0.0780. The smallest absolute Gasteiger partial charge is 0.303 e. The van der Waals surface area contributed by atoms with E-state index in [1.165, 1.54) is 31.0 Å². The highest BCUT2D eigenvalue weighted by Crippen LogP contribution is 2.22. The van der Waals surface area contributed by atoms with Gasteiger partial charge >= 0.3 is 10.2 Å². The summed E-state index contributed by atoms with van der Waals surface area (Å²) in [6, 6.07) is 16.9. The van der Waals surface area contributed by atoms with Gasteiger partial charge in [-0.3, -0.25) is 18.9 Å². The van der Waals surface area contributed by atoms with E-state index in [1.807, 2.05) is 37.3 Å². The lowest BCUT2D eigenvalue weighted by atomic mass is 9.99. The summed E-state index contributed by atoms with van der Waals surface area (Å²) in [5.74, 6) is -0.0780. The average molecular weight is 609 g/mol. The maximum atomic E-state index is 12.5. The fraction of sp³-hybridized carbons (Fsp3) is 0.406. The highest BCUT2D eigenvalue weighted by molar-refractivity contribution is 7.90. The van der Waals surface area contributed by atoms with E-state index in [-0.39, 0.29) is 18.0 Å². The monoisotopic (exact) mass is 608 g/mol. The van der Waals surface area contributed by atoms with Crippen molar-refractivity contribution in [3.8, 4) is 0 Å². The first kappa shape index (κ1) is 33.9. The lowest BCUT2D eigenvalue weighted by molar-refractivity contribution is -0.122. The second-order valence-corrected chi connectivity index (χ2v) is 13.2. The molecule has 0 aliphatic heterocycles. The van der Waals surface area contributed by atoms with Crippen LogP contribution in [0.15, 0.2) is 67.0 Å². The number of nitrogens with zero attached hydrogens (tertiary/aromatic N) is 3. The van der Waals surface area contributed by atoms with Crippen molar-refractivity contribution in [1.82, 2.24) is 19.9 Å². The second-order valence-electron chi connectivity index (χ2n) is 11.0. The highest BCUT2D eigenvalue weighted by atomic mass is 32.2. The Balaban J connectivity index is 1.45. The second kappa shape index (κ2) is 16.3. The van der Waals surface area contributed by atoms with E-state index < -0.39 is 10.2 Å². The lowest BCUT2D eigenvalue weighted by Crippen LogP contribution is -2.46. The van der Waals surface area contributed by atoms with Gasteiger partial charge in [0.2, 0.25) is 5.91 Å². The third-order valence-electron chi connectivity index (χ3n) is 7.27. The molecule has 0 bridgehead atoms. The van der Waals surface area contributed by atoms with Gasteiger partial charge in [0.25, 0.3) is 0 Å². The highest BCUT2D eigenvalue weighted by Gasteiger charge is 2.21. The van der Waals surface area contributed by atoms with Gasteiger partial charge in [-0.05, 0) is 91.6 Å². The van der Waals surface area contributed by atoms with Crippen molar-refractivity contribution < 1.29 is 18.0 Å². The molecule has 1 unspecified atom stereocenters. The van der Waals surface area contributed by atoms with Crippen molar-refractivity contribution in [2.75, 3.05) is 32.0 Å². The van der Waals surface area contributed by atoms with E-state index >= 15 is 0 Å². The van der Waals surface area contributed by atoms with Crippen LogP contribution >= 0.6 is 0 Å². The number of nitrogens with two attached hydrogens (primary N) is 1. The number of rotatable bonds is 17. The molecule has 2 aromatic carbocycles. The Bertz CT molecular complexity index is 1450. The number of carbonyl (C=O) groups is 2. The van der Waals surface area contributed by atoms with E-state index in [9.17, 15) is 18.0 Å². The van der Waals surface area contributed by atoms with Crippen LogP contribution in [0.25, 0.3) is 0 Å². The minimum atomic E-state index is -3.65. The zero-order valence-electron chi connectivity index (χ0n) is 25.5. The van der Waals surface area contributed by atoms with Gasteiger partial charge in [0.15, 0.2) is 0 Å². The number of pyridine rings is 1. The van der Waals surface area contributed by atoms with Gasteiger partial charge in [-0.25, -0.2) is 0 Å². The predicted molar refractivity (Wildman–Crippen MR) is 171 cm³/mol. The Labute approximate surface area is 255 Å². The topological polar surface area (TPSA) is 138 Å². The summed E-state index contributed by atoms with van der Waals surface area (Å²) in [6.07, 6.45) is 8.29. The largest absolute Gasteiger partial charge is 0.351 e. The van der Waals surface area contributed by atoms with Gasteiger partial charge in [-0.1, -0.05) is 24.3 Å². The van der Waals surface area contributed by atoms with E-state index in [1.54, 1.807) is 18.5 Å². The first-order chi connectivity index (χ1) is 20.5. The molecule has 0 aliphatic carbocycles. The molecule has 1 heterocycles. The quantitative estimate of drug-likeness (QED) is 0.158. The molecule has 232 valence electrons. The molecule has 1 aromatic heterocycles. The Morgan fingerprint density at radius 2 is 1.63 bits per heavy atom. The number of unbranched alkanes of at least 4 members (excludes halogenated alkanes) is 1. The van der Waals surface area contributed by atoms with Gasteiger partial charge in [0.05, 0.1) is 11.7 Å². The van der Waals surface area contributed by atoms with Gasteiger partial charge in [0.1, 0.15) is 6.29 Å². The van der Waals surface area contributed by atoms with Crippen LogP contribution in [0.3, 0.4) is 0 Å². The fourth-order valence-corrected chi connectivity index (χ4v) is 5.54. The van der Waals surface area contributed by atoms with Crippen molar-refractivity contribution in [2.45, 2.75) is 57.7 Å². The van der Waals surface area contributed by atoms with Crippen molar-refractivity contribution in [1.29, 1.82) is 0 Å². The van der Waals surface area contributed by atoms with Gasteiger partial charge in [0, 0.05) is 58.2 Å². The molecule has 0 fully saturated rings. The minimum Gasteiger partial charge on any atom is -0.351 e. The number of benzene rings is 2. The standard InChI is InChI=1S/C32H44N6O4S/c1-24(32(40)36-21-26-12-14-34-15-13-26)35-22-30(33)18-27-11-7-10-25(16-27)8-5-6-9-28-17-29(23-39)20-31(19-28)38(4)43(41,42)37(2)3/h7,10-17,19-20,23-24,30,35H,5-6,8-9,18,21-22,33H2,1-4H3,(H,36,40)/t24-,30?/m0/s1. The number of hydrogen-bond donors (Lipinski definition) is 3. The molecular weight excluding hydrogens is 564 g/mol. The van der Waals surface area contributed by atoms with Crippen LogP contribution in [-0.4, -0.2) is 69.7 Å². The Morgan fingerprint density at radius 1 is 0.953 bits per heavy atom. The number of amides is 1. The molecule has 3 aromatic rings. The van der Waals surface area contributed by atoms with Crippen LogP contribution in [0.1, 0.15) is 52.4 Å². The SMILES string of the molecule is C[C@H](NCC(N)Cc1cccc(CCCCc2cc(C=O)cc(N(C)S(=O)(=O)N(C)C)c2)c1)C(=O)NCc1ccncc1. The first-order valence-electron chi connectivity index (χ1n) is 14.5. The van der Waals surface area contributed by atoms with Crippen LogP contribution in [-0.2, 0) is 40.8 Å². The number of hydrogen-bond acceptors (Lipinski definition) is 7. The van der Waals surface area contributed by atoms with Crippen LogP contribution in [0.4, 0.5) is 5.69 Å². The Hall–Kier alpha value is -3.64. The molecule has 0 radical (unpaired) electrons. The van der Waals surface area contributed by atoms with E-state index in [0.29, 0.717) is 30.8 Å². The normalized spacial score (nSPS) is 13.0. The van der Waals surface area contributed by atoms with Crippen LogP contribution in [0.2, 0.25) is 0 Å². The molecule has 0 saturated heterocycles. The lowest BCUT2D eigenvalue weighted by Gasteiger charge is -2.24. The van der Waals surface area contributed by atoms with Crippen molar-refractivity contribution >= 4 is 28.1 Å². The van der Waals surface area contributed by atoms with Crippen molar-refractivity contribution in [2.24, 2.45) is 5.73 Å². The number of anilines is 1. The number of aryl methyl sites for hydroxylation is 2. The molecule has 11 heteroatoms. The summed E-state index contributed by atoms with van der Waals surface area (Å²) in [6.45, 7) is 2.80. The molecule has 2 atom stereocenters. The summed E-state index contributed by atoms with van der Waals surface area (Å²) in [7, 11) is 0.788. The molecule has 3 rings (SSSR count). The van der Waals surface area contributed by atoms with E-state index in [4.69, 9.17) is 5.73 Å². The molecule has 0 saturated carbocycles. The van der Waals surface area contributed by atoms with Gasteiger partial charge in [-0.15, -0.1) is 0 Å². The van der Waals surface area contributed by atoms with Crippen LogP contribution < -0.4 is 20.7 Å². The summed E-state index contributed by atoms with van der Waals surface area (Å²) in [4.78, 5) is 27.9. The third-order valence-corrected chi connectivity index (χ3v) is 9.10. The van der Waals surface area contributed by atoms with E-state index in [2.05, 4.69) is 33.8 Å².